The normalized spacial score (nSPS) is 18.0. The molecule has 0 radical (unpaired) electrons. The smallest absolute Gasteiger partial charge is 0.262 e. The fraction of sp³-hybridized carbons (Fsp3) is 0.500. The molecule has 3 rings (SSSR count). The Bertz CT molecular complexity index is 734. The zero-order valence-corrected chi connectivity index (χ0v) is 13.8. The number of carbonyl (C=O) groups is 1. The summed E-state index contributed by atoms with van der Waals surface area (Å²) >= 11 is 2.71. The average molecular weight is 339 g/mol. The van der Waals surface area contributed by atoms with Crippen molar-refractivity contribution in [3.63, 3.8) is 0 Å². The van der Waals surface area contributed by atoms with Crippen molar-refractivity contribution in [3.8, 4) is 0 Å². The molecule has 3 heterocycles. The molecule has 1 aliphatic rings. The molecule has 1 N–H and O–H groups in total. The standard InChI is InChI=1S/C14H17N3O3S2/c1-17-13(19)10-4-6-21-12(10)16-14(17)22-8-11(18)15-7-9-3-2-5-20-9/h4,6,9H,2-3,5,7-8H2,1H3,(H,15,18). The van der Waals surface area contributed by atoms with E-state index in [4.69, 9.17) is 4.74 Å². The number of nitrogens with zero attached hydrogens (tertiary/aromatic N) is 2. The molecule has 0 aliphatic carbocycles. The molecule has 118 valence electrons. The van der Waals surface area contributed by atoms with E-state index in [0.29, 0.717) is 21.9 Å². The summed E-state index contributed by atoms with van der Waals surface area (Å²) < 4.78 is 6.96. The van der Waals surface area contributed by atoms with E-state index in [2.05, 4.69) is 10.3 Å². The van der Waals surface area contributed by atoms with Crippen molar-refractivity contribution in [2.45, 2.75) is 24.1 Å². The van der Waals surface area contributed by atoms with E-state index in [9.17, 15) is 9.59 Å². The molecule has 1 aliphatic heterocycles. The van der Waals surface area contributed by atoms with Crippen LogP contribution in [0.15, 0.2) is 21.4 Å². The number of thioether (sulfide) groups is 1. The fourth-order valence-electron chi connectivity index (χ4n) is 2.32. The molecule has 0 saturated carbocycles. The maximum Gasteiger partial charge on any atom is 0.262 e. The largest absolute Gasteiger partial charge is 0.376 e. The molecule has 2 aromatic rings. The quantitative estimate of drug-likeness (QED) is 0.658. The van der Waals surface area contributed by atoms with E-state index >= 15 is 0 Å². The van der Waals surface area contributed by atoms with Gasteiger partial charge in [0.15, 0.2) is 5.16 Å². The van der Waals surface area contributed by atoms with E-state index in [1.165, 1.54) is 27.7 Å². The summed E-state index contributed by atoms with van der Waals surface area (Å²) in [7, 11) is 1.68. The Morgan fingerprint density at radius 3 is 3.27 bits per heavy atom. The maximum atomic E-state index is 12.2. The topological polar surface area (TPSA) is 73.2 Å². The zero-order chi connectivity index (χ0) is 15.5. The number of hydrogen-bond acceptors (Lipinski definition) is 6. The summed E-state index contributed by atoms with van der Waals surface area (Å²) in [5.41, 5.74) is -0.0755. The van der Waals surface area contributed by atoms with Crippen LogP contribution in [-0.2, 0) is 16.6 Å². The minimum atomic E-state index is -0.0755. The van der Waals surface area contributed by atoms with E-state index in [1.807, 2.05) is 5.38 Å². The molecule has 6 nitrogen and oxygen atoms in total. The van der Waals surface area contributed by atoms with Gasteiger partial charge in [-0.2, -0.15) is 0 Å². The summed E-state index contributed by atoms with van der Waals surface area (Å²) in [6, 6.07) is 1.78. The van der Waals surface area contributed by atoms with E-state index in [0.717, 1.165) is 19.4 Å². The highest BCUT2D eigenvalue weighted by Gasteiger charge is 2.17. The number of aromatic nitrogens is 2. The molecule has 1 atom stereocenters. The Hall–Kier alpha value is -1.38. The zero-order valence-electron chi connectivity index (χ0n) is 12.2. The average Bonchev–Trinajstić information content (AvgIpc) is 3.18. The molecule has 1 fully saturated rings. The molecular weight excluding hydrogens is 322 g/mol. The Morgan fingerprint density at radius 1 is 1.64 bits per heavy atom. The Morgan fingerprint density at radius 2 is 2.50 bits per heavy atom. The first-order valence-electron chi connectivity index (χ1n) is 7.10. The first-order valence-corrected chi connectivity index (χ1v) is 8.97. The molecular formula is C14H17N3O3S2. The van der Waals surface area contributed by atoms with Gasteiger partial charge in [-0.3, -0.25) is 14.2 Å². The fourth-order valence-corrected chi connectivity index (χ4v) is 3.93. The van der Waals surface area contributed by atoms with Crippen molar-refractivity contribution in [1.29, 1.82) is 0 Å². The lowest BCUT2D eigenvalue weighted by Gasteiger charge is -2.11. The Labute approximate surface area is 135 Å². The van der Waals surface area contributed by atoms with Crippen LogP contribution in [0.2, 0.25) is 0 Å². The van der Waals surface area contributed by atoms with Crippen molar-refractivity contribution >= 4 is 39.2 Å². The van der Waals surface area contributed by atoms with Crippen molar-refractivity contribution in [1.82, 2.24) is 14.9 Å². The highest BCUT2D eigenvalue weighted by atomic mass is 32.2. The van der Waals surface area contributed by atoms with Crippen LogP contribution in [0.1, 0.15) is 12.8 Å². The van der Waals surface area contributed by atoms with E-state index < -0.39 is 0 Å². The number of carbonyl (C=O) groups excluding carboxylic acids is 1. The summed E-state index contributed by atoms with van der Waals surface area (Å²) in [6.45, 7) is 1.33. The van der Waals surface area contributed by atoms with E-state index in [1.54, 1.807) is 13.1 Å². The molecule has 8 heteroatoms. The molecule has 0 aromatic carbocycles. The van der Waals surface area contributed by atoms with Crippen LogP contribution in [0.25, 0.3) is 10.2 Å². The van der Waals surface area contributed by atoms with Crippen molar-refractivity contribution < 1.29 is 9.53 Å². The van der Waals surface area contributed by atoms with Gasteiger partial charge in [-0.1, -0.05) is 11.8 Å². The monoisotopic (exact) mass is 339 g/mol. The molecule has 0 spiro atoms. The van der Waals surface area contributed by atoms with Gasteiger partial charge in [0.05, 0.1) is 17.2 Å². The minimum absolute atomic E-state index is 0.0685. The van der Waals surface area contributed by atoms with Crippen LogP contribution in [-0.4, -0.2) is 40.5 Å². The van der Waals surface area contributed by atoms with Gasteiger partial charge in [0.2, 0.25) is 5.91 Å². The van der Waals surface area contributed by atoms with E-state index in [-0.39, 0.29) is 23.3 Å². The number of rotatable bonds is 5. The van der Waals surface area contributed by atoms with Gasteiger partial charge in [0.25, 0.3) is 5.56 Å². The molecule has 0 bridgehead atoms. The predicted molar refractivity (Wildman–Crippen MR) is 87.6 cm³/mol. The third-order valence-corrected chi connectivity index (χ3v) is 5.38. The number of ether oxygens (including phenoxy) is 1. The molecule has 22 heavy (non-hydrogen) atoms. The first kappa shape index (κ1) is 15.5. The number of amides is 1. The summed E-state index contributed by atoms with van der Waals surface area (Å²) in [6.07, 6.45) is 2.19. The van der Waals surface area contributed by atoms with Crippen LogP contribution in [0.5, 0.6) is 0 Å². The van der Waals surface area contributed by atoms with Gasteiger partial charge in [-0.05, 0) is 24.3 Å². The maximum absolute atomic E-state index is 12.2. The molecule has 1 saturated heterocycles. The number of thiophene rings is 1. The molecule has 1 unspecified atom stereocenters. The van der Waals surface area contributed by atoms with Gasteiger partial charge in [0, 0.05) is 20.2 Å². The van der Waals surface area contributed by atoms with Gasteiger partial charge >= 0.3 is 0 Å². The summed E-state index contributed by atoms with van der Waals surface area (Å²) in [5.74, 6) is 0.171. The minimum Gasteiger partial charge on any atom is -0.376 e. The Kier molecular flexibility index (Phi) is 4.80. The first-order chi connectivity index (χ1) is 10.6. The van der Waals surface area contributed by atoms with Crippen LogP contribution < -0.4 is 10.9 Å². The van der Waals surface area contributed by atoms with Gasteiger partial charge in [0.1, 0.15) is 4.83 Å². The lowest BCUT2D eigenvalue weighted by atomic mass is 10.2. The third-order valence-electron chi connectivity index (χ3n) is 3.55. The summed E-state index contributed by atoms with van der Waals surface area (Å²) in [5, 5.41) is 5.90. The molecule has 2 aromatic heterocycles. The van der Waals surface area contributed by atoms with Crippen molar-refractivity contribution in [2.75, 3.05) is 18.9 Å². The van der Waals surface area contributed by atoms with Gasteiger partial charge < -0.3 is 10.1 Å². The SMILES string of the molecule is Cn1c(SCC(=O)NCC2CCCO2)nc2sccc2c1=O. The summed E-state index contributed by atoms with van der Waals surface area (Å²) in [4.78, 5) is 29.2. The lowest BCUT2D eigenvalue weighted by molar-refractivity contribution is -0.119. The number of fused-ring (bicyclic) bond motifs is 1. The highest BCUT2D eigenvalue weighted by Crippen LogP contribution is 2.20. The van der Waals surface area contributed by atoms with Crippen LogP contribution in [0.4, 0.5) is 0 Å². The Balaban J connectivity index is 1.59. The van der Waals surface area contributed by atoms with Gasteiger partial charge in [-0.25, -0.2) is 4.98 Å². The second-order valence-electron chi connectivity index (χ2n) is 5.13. The predicted octanol–water partition coefficient (Wildman–Crippen LogP) is 1.38. The second-order valence-corrected chi connectivity index (χ2v) is 6.96. The third kappa shape index (κ3) is 3.34. The molecule has 1 amide bonds. The van der Waals surface area contributed by atoms with Crippen LogP contribution in [0, 0.1) is 0 Å². The van der Waals surface area contributed by atoms with Gasteiger partial charge in [-0.15, -0.1) is 11.3 Å². The lowest BCUT2D eigenvalue weighted by Crippen LogP contribution is -2.33. The number of hydrogen-bond donors (Lipinski definition) is 1. The van der Waals surface area contributed by atoms with Crippen molar-refractivity contribution in [3.05, 3.63) is 21.8 Å². The number of nitrogens with one attached hydrogen (secondary N) is 1. The van der Waals surface area contributed by atoms with Crippen LogP contribution >= 0.6 is 23.1 Å². The van der Waals surface area contributed by atoms with Crippen molar-refractivity contribution in [2.24, 2.45) is 7.05 Å². The second kappa shape index (κ2) is 6.80. The van der Waals surface area contributed by atoms with Crippen LogP contribution in [0.3, 0.4) is 0 Å². The highest BCUT2D eigenvalue weighted by molar-refractivity contribution is 7.99.